The highest BCUT2D eigenvalue weighted by molar-refractivity contribution is 5.67. The summed E-state index contributed by atoms with van der Waals surface area (Å²) in [6.07, 6.45) is 4.33. The summed E-state index contributed by atoms with van der Waals surface area (Å²) < 4.78 is 0. The molecule has 1 aliphatic rings. The number of aromatic nitrogens is 1. The first kappa shape index (κ1) is 13.6. The van der Waals surface area contributed by atoms with Crippen molar-refractivity contribution in [2.24, 2.45) is 5.92 Å². The minimum Gasteiger partial charge on any atom is -0.481 e. The summed E-state index contributed by atoms with van der Waals surface area (Å²) in [7, 11) is 0. The quantitative estimate of drug-likeness (QED) is 0.852. The van der Waals surface area contributed by atoms with E-state index in [1.165, 1.54) is 12.8 Å². The number of hydrogen-bond acceptors (Lipinski definition) is 4. The van der Waals surface area contributed by atoms with Gasteiger partial charge < -0.3 is 15.3 Å². The van der Waals surface area contributed by atoms with Crippen LogP contribution in [-0.2, 0) is 4.79 Å². The predicted octanol–water partition coefficient (Wildman–Crippen LogP) is 2.20. The molecule has 2 rings (SSSR count). The van der Waals surface area contributed by atoms with Crippen LogP contribution in [0.2, 0.25) is 0 Å². The Balaban J connectivity index is 1.85. The minimum absolute atomic E-state index is 0.117. The molecule has 1 saturated heterocycles. The van der Waals surface area contributed by atoms with E-state index in [-0.39, 0.29) is 6.42 Å². The molecule has 19 heavy (non-hydrogen) atoms. The van der Waals surface area contributed by atoms with E-state index in [1.54, 1.807) is 6.20 Å². The number of nitrogens with zero attached hydrogens (tertiary/aromatic N) is 2. The lowest BCUT2D eigenvalue weighted by molar-refractivity contribution is -0.136. The second-order valence-corrected chi connectivity index (χ2v) is 5.15. The van der Waals surface area contributed by atoms with E-state index in [2.05, 4.69) is 22.1 Å². The first-order valence-electron chi connectivity index (χ1n) is 6.82. The van der Waals surface area contributed by atoms with E-state index >= 15 is 0 Å². The molecule has 0 aromatic carbocycles. The van der Waals surface area contributed by atoms with Crippen molar-refractivity contribution in [1.29, 1.82) is 0 Å². The van der Waals surface area contributed by atoms with Gasteiger partial charge in [-0.15, -0.1) is 0 Å². The highest BCUT2D eigenvalue weighted by Gasteiger charge is 2.16. The lowest BCUT2D eigenvalue weighted by Gasteiger charge is -2.31. The standard InChI is InChI=1S/C14H21N3O2/c1-11-5-8-17(9-6-11)13-3-2-12(10-16-13)15-7-4-14(18)19/h2-3,10-11,15H,4-9H2,1H3,(H,18,19). The van der Waals surface area contributed by atoms with Crippen LogP contribution in [0.5, 0.6) is 0 Å². The van der Waals surface area contributed by atoms with Crippen LogP contribution >= 0.6 is 0 Å². The molecule has 1 aromatic rings. The molecule has 0 aliphatic carbocycles. The zero-order valence-corrected chi connectivity index (χ0v) is 11.3. The maximum absolute atomic E-state index is 10.4. The molecule has 5 nitrogen and oxygen atoms in total. The third kappa shape index (κ3) is 4.12. The zero-order valence-electron chi connectivity index (χ0n) is 11.3. The number of rotatable bonds is 5. The van der Waals surface area contributed by atoms with E-state index in [0.717, 1.165) is 30.5 Å². The van der Waals surface area contributed by atoms with Crippen LogP contribution in [0, 0.1) is 5.92 Å². The van der Waals surface area contributed by atoms with E-state index in [1.807, 2.05) is 12.1 Å². The number of carboxylic acids is 1. The third-order valence-corrected chi connectivity index (χ3v) is 3.52. The lowest BCUT2D eigenvalue weighted by Crippen LogP contribution is -2.33. The highest BCUT2D eigenvalue weighted by atomic mass is 16.4. The normalized spacial score (nSPS) is 16.4. The van der Waals surface area contributed by atoms with Gasteiger partial charge in [-0.1, -0.05) is 6.92 Å². The molecule has 1 fully saturated rings. The van der Waals surface area contributed by atoms with Crippen LogP contribution in [-0.4, -0.2) is 35.7 Å². The molecule has 2 N–H and O–H groups in total. The van der Waals surface area contributed by atoms with Crippen molar-refractivity contribution in [1.82, 2.24) is 4.98 Å². The molecule has 0 atom stereocenters. The van der Waals surface area contributed by atoms with Crippen LogP contribution in [0.3, 0.4) is 0 Å². The molecule has 5 heteroatoms. The first-order valence-corrected chi connectivity index (χ1v) is 6.82. The average Bonchev–Trinajstić information content (AvgIpc) is 2.40. The lowest BCUT2D eigenvalue weighted by atomic mass is 9.99. The van der Waals surface area contributed by atoms with Gasteiger partial charge >= 0.3 is 5.97 Å². The van der Waals surface area contributed by atoms with Crippen LogP contribution < -0.4 is 10.2 Å². The predicted molar refractivity (Wildman–Crippen MR) is 75.6 cm³/mol. The maximum atomic E-state index is 10.4. The van der Waals surface area contributed by atoms with Crippen molar-refractivity contribution in [3.63, 3.8) is 0 Å². The van der Waals surface area contributed by atoms with E-state index < -0.39 is 5.97 Å². The molecular formula is C14H21N3O2. The van der Waals surface area contributed by atoms with Gasteiger partial charge in [-0.05, 0) is 30.9 Å². The molecule has 0 amide bonds. The third-order valence-electron chi connectivity index (χ3n) is 3.52. The molecule has 1 aliphatic heterocycles. The Bertz CT molecular complexity index is 411. The van der Waals surface area contributed by atoms with Gasteiger partial charge in [0.2, 0.25) is 0 Å². The Labute approximate surface area is 113 Å². The number of pyridine rings is 1. The monoisotopic (exact) mass is 263 g/mol. The van der Waals surface area contributed by atoms with E-state index in [9.17, 15) is 4.79 Å². The van der Waals surface area contributed by atoms with Crippen molar-refractivity contribution in [3.05, 3.63) is 18.3 Å². The second kappa shape index (κ2) is 6.41. The molecule has 2 heterocycles. The van der Waals surface area contributed by atoms with E-state index in [4.69, 9.17) is 5.11 Å². The van der Waals surface area contributed by atoms with Crippen molar-refractivity contribution < 1.29 is 9.90 Å². The van der Waals surface area contributed by atoms with Crippen molar-refractivity contribution in [2.45, 2.75) is 26.2 Å². The SMILES string of the molecule is CC1CCN(c2ccc(NCCC(=O)O)cn2)CC1. The smallest absolute Gasteiger partial charge is 0.305 e. The van der Waals surface area contributed by atoms with Crippen LogP contribution in [0.1, 0.15) is 26.2 Å². The zero-order chi connectivity index (χ0) is 13.7. The van der Waals surface area contributed by atoms with Crippen LogP contribution in [0.15, 0.2) is 18.3 Å². The van der Waals surface area contributed by atoms with Gasteiger partial charge in [-0.2, -0.15) is 0 Å². The minimum atomic E-state index is -0.792. The van der Waals surface area contributed by atoms with Crippen molar-refractivity contribution in [2.75, 3.05) is 29.9 Å². The number of carbonyl (C=O) groups is 1. The molecule has 0 unspecified atom stereocenters. The summed E-state index contributed by atoms with van der Waals surface area (Å²) in [6.45, 7) is 4.86. The number of nitrogens with one attached hydrogen (secondary N) is 1. The fourth-order valence-corrected chi connectivity index (χ4v) is 2.23. The first-order chi connectivity index (χ1) is 9.15. The number of anilines is 2. The molecular weight excluding hydrogens is 242 g/mol. The average molecular weight is 263 g/mol. The van der Waals surface area contributed by atoms with Gasteiger partial charge in [-0.25, -0.2) is 4.98 Å². The Morgan fingerprint density at radius 1 is 1.47 bits per heavy atom. The Hall–Kier alpha value is -1.78. The molecule has 0 saturated carbocycles. The largest absolute Gasteiger partial charge is 0.481 e. The topological polar surface area (TPSA) is 65.5 Å². The molecule has 0 spiro atoms. The molecule has 104 valence electrons. The van der Waals surface area contributed by atoms with Crippen molar-refractivity contribution >= 4 is 17.5 Å². The van der Waals surface area contributed by atoms with Gasteiger partial charge in [0, 0.05) is 19.6 Å². The van der Waals surface area contributed by atoms with Gasteiger partial charge in [-0.3, -0.25) is 4.79 Å². The van der Waals surface area contributed by atoms with Crippen LogP contribution in [0.25, 0.3) is 0 Å². The van der Waals surface area contributed by atoms with Gasteiger partial charge in [0.05, 0.1) is 18.3 Å². The fraction of sp³-hybridized carbons (Fsp3) is 0.571. The molecule has 0 radical (unpaired) electrons. The highest BCUT2D eigenvalue weighted by Crippen LogP contribution is 2.21. The second-order valence-electron chi connectivity index (χ2n) is 5.15. The summed E-state index contributed by atoms with van der Waals surface area (Å²) in [5, 5.41) is 11.6. The molecule has 0 bridgehead atoms. The van der Waals surface area contributed by atoms with Gasteiger partial charge in [0.25, 0.3) is 0 Å². The number of piperidine rings is 1. The Morgan fingerprint density at radius 3 is 2.79 bits per heavy atom. The maximum Gasteiger partial charge on any atom is 0.305 e. The van der Waals surface area contributed by atoms with Gasteiger partial charge in [0.15, 0.2) is 0 Å². The summed E-state index contributed by atoms with van der Waals surface area (Å²) in [6, 6.07) is 3.96. The summed E-state index contributed by atoms with van der Waals surface area (Å²) in [5.74, 6) is 1.03. The number of carboxylic acid groups (broad SMARTS) is 1. The summed E-state index contributed by atoms with van der Waals surface area (Å²) in [4.78, 5) is 17.2. The van der Waals surface area contributed by atoms with Gasteiger partial charge in [0.1, 0.15) is 5.82 Å². The number of aliphatic carboxylic acids is 1. The summed E-state index contributed by atoms with van der Waals surface area (Å²) in [5.41, 5.74) is 0.871. The van der Waals surface area contributed by atoms with Crippen molar-refractivity contribution in [3.8, 4) is 0 Å². The Morgan fingerprint density at radius 2 is 2.21 bits per heavy atom. The number of hydrogen-bond donors (Lipinski definition) is 2. The summed E-state index contributed by atoms with van der Waals surface area (Å²) >= 11 is 0. The molecule has 1 aromatic heterocycles. The Kier molecular flexibility index (Phi) is 4.60. The van der Waals surface area contributed by atoms with Crippen LogP contribution in [0.4, 0.5) is 11.5 Å². The van der Waals surface area contributed by atoms with E-state index in [0.29, 0.717) is 6.54 Å². The fourth-order valence-electron chi connectivity index (χ4n) is 2.23.